The normalized spacial score (nSPS) is 10.2. The van der Waals surface area contributed by atoms with Gasteiger partial charge in [-0.3, -0.25) is 4.79 Å². The van der Waals surface area contributed by atoms with Crippen molar-refractivity contribution in [1.29, 1.82) is 5.26 Å². The molecule has 2 rings (SSSR count). The molecule has 6 nitrogen and oxygen atoms in total. The number of carbonyl (C=O) groups excluding carboxylic acids is 2. The van der Waals surface area contributed by atoms with Crippen LogP contribution in [0.25, 0.3) is 10.9 Å². The van der Waals surface area contributed by atoms with Crippen LogP contribution in [0, 0.1) is 11.3 Å². The van der Waals surface area contributed by atoms with Gasteiger partial charge in [-0.05, 0) is 25.1 Å². The van der Waals surface area contributed by atoms with E-state index in [9.17, 15) is 9.59 Å². The minimum absolute atomic E-state index is 0.150. The van der Waals surface area contributed by atoms with Gasteiger partial charge in [0, 0.05) is 19.4 Å². The van der Waals surface area contributed by atoms with E-state index in [2.05, 4.69) is 0 Å². The summed E-state index contributed by atoms with van der Waals surface area (Å²) in [7, 11) is 1.66. The SMILES string of the molecule is CCOC(=O)c1c(OC(C)=O)c2ccc(C#N)cc2n1C. The van der Waals surface area contributed by atoms with E-state index in [0.29, 0.717) is 16.5 Å². The van der Waals surface area contributed by atoms with Crippen LogP contribution in [0.5, 0.6) is 5.75 Å². The van der Waals surface area contributed by atoms with Gasteiger partial charge >= 0.3 is 11.9 Å². The number of esters is 2. The van der Waals surface area contributed by atoms with Gasteiger partial charge in [-0.15, -0.1) is 0 Å². The fourth-order valence-corrected chi connectivity index (χ4v) is 2.15. The molecule has 108 valence electrons. The zero-order valence-corrected chi connectivity index (χ0v) is 12.0. The Morgan fingerprint density at radius 2 is 2.10 bits per heavy atom. The summed E-state index contributed by atoms with van der Waals surface area (Å²) in [4.78, 5) is 23.4. The van der Waals surface area contributed by atoms with Gasteiger partial charge in [0.25, 0.3) is 0 Å². The third kappa shape index (κ3) is 2.58. The highest BCUT2D eigenvalue weighted by atomic mass is 16.5. The van der Waals surface area contributed by atoms with E-state index < -0.39 is 11.9 Å². The molecule has 0 spiro atoms. The average Bonchev–Trinajstić information content (AvgIpc) is 2.71. The van der Waals surface area contributed by atoms with E-state index in [1.807, 2.05) is 6.07 Å². The smallest absolute Gasteiger partial charge is 0.358 e. The second-order valence-corrected chi connectivity index (χ2v) is 4.39. The van der Waals surface area contributed by atoms with E-state index in [1.165, 1.54) is 6.92 Å². The molecule has 0 unspecified atom stereocenters. The molecule has 0 saturated heterocycles. The van der Waals surface area contributed by atoms with Gasteiger partial charge < -0.3 is 14.0 Å². The third-order valence-electron chi connectivity index (χ3n) is 3.00. The van der Waals surface area contributed by atoms with Gasteiger partial charge in [-0.25, -0.2) is 4.79 Å². The molecule has 1 aromatic carbocycles. The molecule has 0 aliphatic rings. The maximum Gasteiger partial charge on any atom is 0.358 e. The van der Waals surface area contributed by atoms with Crippen molar-refractivity contribution in [3.63, 3.8) is 0 Å². The summed E-state index contributed by atoms with van der Waals surface area (Å²) in [6.07, 6.45) is 0. The van der Waals surface area contributed by atoms with Crippen molar-refractivity contribution in [3.8, 4) is 11.8 Å². The Kier molecular flexibility index (Phi) is 3.94. The van der Waals surface area contributed by atoms with Crippen LogP contribution in [0.1, 0.15) is 29.9 Å². The maximum absolute atomic E-state index is 12.1. The second-order valence-electron chi connectivity index (χ2n) is 4.39. The lowest BCUT2D eigenvalue weighted by molar-refractivity contribution is -0.131. The van der Waals surface area contributed by atoms with Crippen LogP contribution in [-0.4, -0.2) is 23.1 Å². The Hall–Kier alpha value is -2.81. The quantitative estimate of drug-likeness (QED) is 0.807. The molecule has 21 heavy (non-hydrogen) atoms. The topological polar surface area (TPSA) is 81.3 Å². The molecule has 0 N–H and O–H groups in total. The Balaban J connectivity index is 2.75. The fraction of sp³-hybridized carbons (Fsp3) is 0.267. The van der Waals surface area contributed by atoms with Crippen molar-refractivity contribution >= 4 is 22.8 Å². The molecular formula is C15H14N2O4. The monoisotopic (exact) mass is 286 g/mol. The number of hydrogen-bond donors (Lipinski definition) is 0. The van der Waals surface area contributed by atoms with Crippen molar-refractivity contribution in [2.24, 2.45) is 7.05 Å². The van der Waals surface area contributed by atoms with Gasteiger partial charge in [0.2, 0.25) is 0 Å². The molecule has 6 heteroatoms. The van der Waals surface area contributed by atoms with Crippen LogP contribution in [0.2, 0.25) is 0 Å². The van der Waals surface area contributed by atoms with Crippen LogP contribution in [0.4, 0.5) is 0 Å². The molecule has 1 heterocycles. The summed E-state index contributed by atoms with van der Waals surface area (Å²) in [5.41, 5.74) is 1.22. The van der Waals surface area contributed by atoms with Crippen molar-refractivity contribution in [2.75, 3.05) is 6.61 Å². The maximum atomic E-state index is 12.1. The summed E-state index contributed by atoms with van der Waals surface area (Å²) in [6.45, 7) is 3.17. The first kappa shape index (κ1) is 14.6. The lowest BCUT2D eigenvalue weighted by Crippen LogP contribution is -2.13. The summed E-state index contributed by atoms with van der Waals surface area (Å²) < 4.78 is 11.7. The van der Waals surface area contributed by atoms with E-state index in [1.54, 1.807) is 36.7 Å². The number of ether oxygens (including phenoxy) is 2. The molecule has 0 fully saturated rings. The molecular weight excluding hydrogens is 272 g/mol. The fourth-order valence-electron chi connectivity index (χ4n) is 2.15. The molecule has 0 bridgehead atoms. The predicted molar refractivity (Wildman–Crippen MR) is 74.9 cm³/mol. The second kappa shape index (κ2) is 5.67. The first-order valence-electron chi connectivity index (χ1n) is 6.37. The molecule has 0 saturated carbocycles. The number of nitrogens with zero attached hydrogens (tertiary/aromatic N) is 2. The molecule has 0 aliphatic heterocycles. The number of hydrogen-bond acceptors (Lipinski definition) is 5. The average molecular weight is 286 g/mol. The van der Waals surface area contributed by atoms with E-state index >= 15 is 0 Å². The van der Waals surface area contributed by atoms with Crippen molar-refractivity contribution < 1.29 is 19.1 Å². The van der Waals surface area contributed by atoms with E-state index in [4.69, 9.17) is 14.7 Å². The highest BCUT2D eigenvalue weighted by Gasteiger charge is 2.25. The Morgan fingerprint density at radius 3 is 2.67 bits per heavy atom. The van der Waals surface area contributed by atoms with Crippen molar-refractivity contribution in [1.82, 2.24) is 4.57 Å². The minimum atomic E-state index is -0.578. The molecule has 0 atom stereocenters. The Morgan fingerprint density at radius 1 is 1.38 bits per heavy atom. The highest BCUT2D eigenvalue weighted by Crippen LogP contribution is 2.33. The third-order valence-corrected chi connectivity index (χ3v) is 3.00. The van der Waals surface area contributed by atoms with Gasteiger partial charge in [0.15, 0.2) is 11.4 Å². The number of carbonyl (C=O) groups is 2. The Labute approximate surface area is 121 Å². The summed E-state index contributed by atoms with van der Waals surface area (Å²) >= 11 is 0. The van der Waals surface area contributed by atoms with Crippen LogP contribution in [0.3, 0.4) is 0 Å². The first-order chi connectivity index (χ1) is 9.99. The minimum Gasteiger partial charge on any atom is -0.461 e. The van der Waals surface area contributed by atoms with Crippen LogP contribution in [0.15, 0.2) is 18.2 Å². The standard InChI is InChI=1S/C15H14N2O4/c1-4-20-15(19)13-14(21-9(2)18)11-6-5-10(8-16)7-12(11)17(13)3/h5-7H,4H2,1-3H3. The lowest BCUT2D eigenvalue weighted by atomic mass is 10.1. The highest BCUT2D eigenvalue weighted by molar-refractivity contribution is 6.03. The number of rotatable bonds is 3. The molecule has 2 aromatic rings. The van der Waals surface area contributed by atoms with E-state index in [-0.39, 0.29) is 18.1 Å². The molecule has 1 aromatic heterocycles. The van der Waals surface area contributed by atoms with Crippen LogP contribution in [-0.2, 0) is 16.6 Å². The summed E-state index contributed by atoms with van der Waals surface area (Å²) in [5.74, 6) is -0.952. The van der Waals surface area contributed by atoms with Crippen LogP contribution >= 0.6 is 0 Å². The summed E-state index contributed by atoms with van der Waals surface area (Å²) in [5, 5.41) is 9.55. The van der Waals surface area contributed by atoms with Crippen molar-refractivity contribution in [2.45, 2.75) is 13.8 Å². The van der Waals surface area contributed by atoms with Gasteiger partial charge in [-0.1, -0.05) is 0 Å². The molecule has 0 radical (unpaired) electrons. The predicted octanol–water partition coefficient (Wildman–Crippen LogP) is 2.15. The largest absolute Gasteiger partial charge is 0.461 e. The van der Waals surface area contributed by atoms with Gasteiger partial charge in [0.05, 0.1) is 23.8 Å². The number of nitriles is 1. The van der Waals surface area contributed by atoms with Crippen molar-refractivity contribution in [3.05, 3.63) is 29.5 Å². The zero-order chi connectivity index (χ0) is 15.6. The first-order valence-corrected chi connectivity index (χ1v) is 6.37. The molecule has 0 amide bonds. The Bertz CT molecular complexity index is 768. The zero-order valence-electron chi connectivity index (χ0n) is 12.0. The summed E-state index contributed by atoms with van der Waals surface area (Å²) in [6, 6.07) is 6.91. The van der Waals surface area contributed by atoms with E-state index in [0.717, 1.165) is 0 Å². The number of aryl methyl sites for hydroxylation is 1. The van der Waals surface area contributed by atoms with Gasteiger partial charge in [0.1, 0.15) is 0 Å². The lowest BCUT2D eigenvalue weighted by Gasteiger charge is -2.06. The number of fused-ring (bicyclic) bond motifs is 1. The number of benzene rings is 1. The molecule has 0 aliphatic carbocycles. The number of aromatic nitrogens is 1. The van der Waals surface area contributed by atoms with Gasteiger partial charge in [-0.2, -0.15) is 5.26 Å². The van der Waals surface area contributed by atoms with Crippen LogP contribution < -0.4 is 4.74 Å².